The topological polar surface area (TPSA) is 61.7 Å². The fourth-order valence-electron chi connectivity index (χ4n) is 0.908. The van der Waals surface area contributed by atoms with Crippen molar-refractivity contribution in [2.45, 2.75) is 6.42 Å². The van der Waals surface area contributed by atoms with E-state index in [0.29, 0.717) is 18.5 Å². The summed E-state index contributed by atoms with van der Waals surface area (Å²) in [5.41, 5.74) is 8.48. The second-order valence-electron chi connectivity index (χ2n) is 2.54. The van der Waals surface area contributed by atoms with Gasteiger partial charge in [0.25, 0.3) is 0 Å². The summed E-state index contributed by atoms with van der Waals surface area (Å²) in [5.74, 6) is -0.354. The van der Waals surface area contributed by atoms with Gasteiger partial charge < -0.3 is 0 Å². The second kappa shape index (κ2) is 5.72. The van der Waals surface area contributed by atoms with Gasteiger partial charge in [0.15, 0.2) is 0 Å². The molecule has 0 fully saturated rings. The Morgan fingerprint density at radius 2 is 2.50 bits per heavy atom. The molecule has 5 heteroatoms. The SMILES string of the molecule is [N-]=[N+]=NCCC=Cc1ccncc1F. The van der Waals surface area contributed by atoms with Gasteiger partial charge in [-0.15, -0.1) is 0 Å². The van der Waals surface area contributed by atoms with Gasteiger partial charge in [-0.2, -0.15) is 0 Å². The van der Waals surface area contributed by atoms with Gasteiger partial charge in [0.05, 0.1) is 6.20 Å². The molecule has 0 unspecified atom stereocenters. The number of azide groups is 1. The predicted octanol–water partition coefficient (Wildman–Crippen LogP) is 2.93. The van der Waals surface area contributed by atoms with Crippen LogP contribution in [0.1, 0.15) is 12.0 Å². The molecule has 0 bridgehead atoms. The molecule has 1 heterocycles. The van der Waals surface area contributed by atoms with Crippen LogP contribution >= 0.6 is 0 Å². The van der Waals surface area contributed by atoms with Crippen LogP contribution in [-0.4, -0.2) is 11.5 Å². The molecule has 1 rings (SSSR count). The fraction of sp³-hybridized carbons (Fsp3) is 0.222. The Kier molecular flexibility index (Phi) is 4.17. The molecule has 0 amide bonds. The van der Waals surface area contributed by atoms with Crippen molar-refractivity contribution in [3.8, 4) is 0 Å². The molecule has 0 N–H and O–H groups in total. The maximum Gasteiger partial charge on any atom is 0.148 e. The molecule has 0 saturated heterocycles. The van der Waals surface area contributed by atoms with E-state index in [4.69, 9.17) is 5.53 Å². The molecule has 0 aliphatic heterocycles. The van der Waals surface area contributed by atoms with Crippen LogP contribution in [0.5, 0.6) is 0 Å². The molecule has 0 aliphatic carbocycles. The van der Waals surface area contributed by atoms with E-state index in [1.165, 1.54) is 6.20 Å². The van der Waals surface area contributed by atoms with E-state index in [1.54, 1.807) is 18.2 Å². The van der Waals surface area contributed by atoms with Gasteiger partial charge in [-0.3, -0.25) is 4.98 Å². The zero-order valence-electron chi connectivity index (χ0n) is 7.47. The molecule has 0 aromatic carbocycles. The minimum absolute atomic E-state index is 0.354. The van der Waals surface area contributed by atoms with Crippen LogP contribution in [0.4, 0.5) is 4.39 Å². The zero-order chi connectivity index (χ0) is 10.2. The summed E-state index contributed by atoms with van der Waals surface area (Å²) in [5, 5.41) is 3.35. The fourth-order valence-corrected chi connectivity index (χ4v) is 0.908. The summed E-state index contributed by atoms with van der Waals surface area (Å²) in [7, 11) is 0. The molecule has 72 valence electrons. The number of aromatic nitrogens is 1. The van der Waals surface area contributed by atoms with E-state index in [1.807, 2.05) is 0 Å². The highest BCUT2D eigenvalue weighted by atomic mass is 19.1. The minimum Gasteiger partial charge on any atom is -0.262 e. The Hall–Kier alpha value is -1.87. The van der Waals surface area contributed by atoms with Gasteiger partial charge >= 0.3 is 0 Å². The van der Waals surface area contributed by atoms with Crippen LogP contribution in [0.2, 0.25) is 0 Å². The third kappa shape index (κ3) is 3.25. The molecule has 4 nitrogen and oxygen atoms in total. The quantitative estimate of drug-likeness (QED) is 0.313. The van der Waals surface area contributed by atoms with Crippen LogP contribution in [-0.2, 0) is 0 Å². The lowest BCUT2D eigenvalue weighted by Crippen LogP contribution is -1.82. The van der Waals surface area contributed by atoms with Gasteiger partial charge in [-0.05, 0) is 18.0 Å². The van der Waals surface area contributed by atoms with Crippen LogP contribution < -0.4 is 0 Å². The smallest absolute Gasteiger partial charge is 0.148 e. The maximum absolute atomic E-state index is 13.0. The number of pyridine rings is 1. The molecule has 0 aliphatic rings. The van der Waals surface area contributed by atoms with Crippen LogP contribution in [0.3, 0.4) is 0 Å². The van der Waals surface area contributed by atoms with Crippen LogP contribution in [0, 0.1) is 5.82 Å². The molecule has 0 radical (unpaired) electrons. The van der Waals surface area contributed by atoms with Crippen molar-refractivity contribution in [2.24, 2.45) is 5.11 Å². The first kappa shape index (κ1) is 10.2. The lowest BCUT2D eigenvalue weighted by molar-refractivity contribution is 0.618. The number of hydrogen-bond donors (Lipinski definition) is 0. The number of rotatable bonds is 4. The molecular weight excluding hydrogens is 183 g/mol. The van der Waals surface area contributed by atoms with Crippen molar-refractivity contribution < 1.29 is 4.39 Å². The summed E-state index contributed by atoms with van der Waals surface area (Å²) < 4.78 is 13.0. The Morgan fingerprint density at radius 3 is 3.21 bits per heavy atom. The third-order valence-corrected chi connectivity index (χ3v) is 1.56. The molecule has 0 spiro atoms. The van der Waals surface area contributed by atoms with E-state index in [2.05, 4.69) is 15.0 Å². The molecular formula is C9H9FN4. The van der Waals surface area contributed by atoms with Crippen molar-refractivity contribution in [3.05, 3.63) is 46.4 Å². The molecule has 0 saturated carbocycles. The summed E-state index contributed by atoms with van der Waals surface area (Å²) in [6.45, 7) is 0.389. The first-order valence-corrected chi connectivity index (χ1v) is 4.11. The number of nitrogens with zero attached hydrogens (tertiary/aromatic N) is 4. The monoisotopic (exact) mass is 192 g/mol. The Labute approximate surface area is 80.7 Å². The Bertz CT molecular complexity index is 369. The van der Waals surface area contributed by atoms with Crippen LogP contribution in [0.15, 0.2) is 29.7 Å². The summed E-state index contributed by atoms with van der Waals surface area (Å²) >= 11 is 0. The first-order valence-electron chi connectivity index (χ1n) is 4.11. The summed E-state index contributed by atoms with van der Waals surface area (Å²) in [4.78, 5) is 6.23. The summed E-state index contributed by atoms with van der Waals surface area (Å²) in [6, 6.07) is 1.58. The summed E-state index contributed by atoms with van der Waals surface area (Å²) in [6.07, 6.45) is 6.69. The highest BCUT2D eigenvalue weighted by Crippen LogP contribution is 2.06. The highest BCUT2D eigenvalue weighted by molar-refractivity contribution is 5.48. The van der Waals surface area contributed by atoms with Crippen molar-refractivity contribution >= 4 is 6.08 Å². The van der Waals surface area contributed by atoms with Crippen molar-refractivity contribution in [2.75, 3.05) is 6.54 Å². The molecule has 1 aromatic heterocycles. The number of halogens is 1. The lowest BCUT2D eigenvalue weighted by Gasteiger charge is -1.93. The van der Waals surface area contributed by atoms with Gasteiger partial charge in [0, 0.05) is 23.2 Å². The van der Waals surface area contributed by atoms with Crippen LogP contribution in [0.25, 0.3) is 16.5 Å². The van der Waals surface area contributed by atoms with E-state index in [-0.39, 0.29) is 5.82 Å². The normalized spacial score (nSPS) is 10.1. The standard InChI is InChI=1S/C9H9FN4/c10-9-7-12-6-4-8(9)3-1-2-5-13-14-11/h1,3-4,6-7H,2,5H2. The van der Waals surface area contributed by atoms with E-state index in [0.717, 1.165) is 6.20 Å². The van der Waals surface area contributed by atoms with E-state index >= 15 is 0 Å². The molecule has 1 aromatic rings. The Morgan fingerprint density at radius 1 is 1.64 bits per heavy atom. The van der Waals surface area contributed by atoms with Gasteiger partial charge in [-0.25, -0.2) is 4.39 Å². The average Bonchev–Trinajstić information content (AvgIpc) is 2.20. The largest absolute Gasteiger partial charge is 0.262 e. The van der Waals surface area contributed by atoms with E-state index in [9.17, 15) is 4.39 Å². The predicted molar refractivity (Wildman–Crippen MR) is 51.9 cm³/mol. The zero-order valence-corrected chi connectivity index (χ0v) is 7.47. The first-order chi connectivity index (χ1) is 6.84. The highest BCUT2D eigenvalue weighted by Gasteiger charge is 1.94. The molecule has 14 heavy (non-hydrogen) atoms. The van der Waals surface area contributed by atoms with Crippen molar-refractivity contribution in [1.29, 1.82) is 0 Å². The average molecular weight is 192 g/mol. The molecule has 0 atom stereocenters. The van der Waals surface area contributed by atoms with Gasteiger partial charge in [0.1, 0.15) is 5.82 Å². The third-order valence-electron chi connectivity index (χ3n) is 1.56. The van der Waals surface area contributed by atoms with Gasteiger partial charge in [0.2, 0.25) is 0 Å². The van der Waals surface area contributed by atoms with E-state index < -0.39 is 0 Å². The van der Waals surface area contributed by atoms with Crippen molar-refractivity contribution in [1.82, 2.24) is 4.98 Å². The second-order valence-corrected chi connectivity index (χ2v) is 2.54. The number of hydrogen-bond acceptors (Lipinski definition) is 2. The Balaban J connectivity index is 2.51. The maximum atomic E-state index is 13.0. The van der Waals surface area contributed by atoms with Crippen molar-refractivity contribution in [3.63, 3.8) is 0 Å². The lowest BCUT2D eigenvalue weighted by atomic mass is 10.2. The minimum atomic E-state index is -0.354. The van der Waals surface area contributed by atoms with Gasteiger partial charge in [-0.1, -0.05) is 17.3 Å².